The fourth-order valence-corrected chi connectivity index (χ4v) is 2.03. The molecule has 0 heterocycles. The first-order chi connectivity index (χ1) is 9.63. The summed E-state index contributed by atoms with van der Waals surface area (Å²) in [7, 11) is 3.56. The highest BCUT2D eigenvalue weighted by Crippen LogP contribution is 2.21. The molecule has 2 aromatic carbocycles. The van der Waals surface area contributed by atoms with Crippen LogP contribution in [0.4, 0.5) is 10.1 Å². The number of hydrogen-bond acceptors (Lipinski definition) is 3. The van der Waals surface area contributed by atoms with Crippen LogP contribution in [-0.4, -0.2) is 14.2 Å². The van der Waals surface area contributed by atoms with Crippen LogP contribution in [0.2, 0.25) is 0 Å². The second-order valence-corrected chi connectivity index (χ2v) is 4.68. The predicted octanol–water partition coefficient (Wildman–Crippen LogP) is 2.93. The molecule has 4 heteroatoms. The van der Waals surface area contributed by atoms with Crippen LogP contribution in [-0.2, 0) is 13.1 Å². The van der Waals surface area contributed by atoms with Gasteiger partial charge in [-0.05, 0) is 35.9 Å². The average Bonchev–Trinajstić information content (AvgIpc) is 2.49. The summed E-state index contributed by atoms with van der Waals surface area (Å²) in [5, 5.41) is 0. The van der Waals surface area contributed by atoms with Gasteiger partial charge in [-0.3, -0.25) is 0 Å². The molecule has 0 amide bonds. The molecule has 0 atom stereocenters. The van der Waals surface area contributed by atoms with Gasteiger partial charge in [0.2, 0.25) is 0 Å². The number of rotatable bonds is 5. The van der Waals surface area contributed by atoms with E-state index < -0.39 is 0 Å². The van der Waals surface area contributed by atoms with Crippen molar-refractivity contribution in [3.63, 3.8) is 0 Å². The topological polar surface area (TPSA) is 38.5 Å². The van der Waals surface area contributed by atoms with E-state index in [1.54, 1.807) is 13.2 Å². The summed E-state index contributed by atoms with van der Waals surface area (Å²) < 4.78 is 19.1. The van der Waals surface area contributed by atoms with Crippen molar-refractivity contribution in [2.75, 3.05) is 19.1 Å². The van der Waals surface area contributed by atoms with Crippen molar-refractivity contribution in [3.8, 4) is 5.75 Å². The van der Waals surface area contributed by atoms with Crippen LogP contribution >= 0.6 is 0 Å². The van der Waals surface area contributed by atoms with Crippen molar-refractivity contribution in [2.45, 2.75) is 13.1 Å². The summed E-state index contributed by atoms with van der Waals surface area (Å²) in [6.07, 6.45) is 0. The summed E-state index contributed by atoms with van der Waals surface area (Å²) in [5.74, 6) is 0.592. The monoisotopic (exact) mass is 274 g/mol. The molecule has 3 nitrogen and oxygen atoms in total. The van der Waals surface area contributed by atoms with Gasteiger partial charge in [0.15, 0.2) is 0 Å². The first kappa shape index (κ1) is 14.3. The Morgan fingerprint density at radius 1 is 1.15 bits per heavy atom. The summed E-state index contributed by atoms with van der Waals surface area (Å²) in [5.41, 5.74) is 7.96. The Kier molecular flexibility index (Phi) is 4.58. The van der Waals surface area contributed by atoms with Crippen molar-refractivity contribution in [3.05, 3.63) is 59.4 Å². The molecule has 0 bridgehead atoms. The molecule has 0 fully saturated rings. The lowest BCUT2D eigenvalue weighted by Crippen LogP contribution is -2.17. The molecule has 0 aliphatic rings. The number of benzene rings is 2. The zero-order valence-corrected chi connectivity index (χ0v) is 11.8. The lowest BCUT2D eigenvalue weighted by atomic mass is 10.1. The van der Waals surface area contributed by atoms with E-state index in [4.69, 9.17) is 10.5 Å². The zero-order valence-electron chi connectivity index (χ0n) is 11.8. The maximum atomic E-state index is 13.9. The Bertz CT molecular complexity index is 569. The quantitative estimate of drug-likeness (QED) is 0.911. The number of anilines is 1. The fraction of sp³-hybridized carbons (Fsp3) is 0.250. The predicted molar refractivity (Wildman–Crippen MR) is 79.4 cm³/mol. The Hall–Kier alpha value is -2.07. The van der Waals surface area contributed by atoms with Crippen molar-refractivity contribution in [1.82, 2.24) is 0 Å². The highest BCUT2D eigenvalue weighted by molar-refractivity contribution is 5.49. The van der Waals surface area contributed by atoms with E-state index in [2.05, 4.69) is 0 Å². The van der Waals surface area contributed by atoms with E-state index in [-0.39, 0.29) is 5.82 Å². The van der Waals surface area contributed by atoms with Gasteiger partial charge in [-0.2, -0.15) is 0 Å². The van der Waals surface area contributed by atoms with Crippen LogP contribution in [0.1, 0.15) is 11.1 Å². The molecule has 0 spiro atoms. The Balaban J connectivity index is 2.12. The highest BCUT2D eigenvalue weighted by atomic mass is 19.1. The minimum atomic E-state index is -0.215. The van der Waals surface area contributed by atoms with Gasteiger partial charge in [0.05, 0.1) is 7.11 Å². The first-order valence-corrected chi connectivity index (χ1v) is 6.46. The van der Waals surface area contributed by atoms with E-state index in [0.29, 0.717) is 18.7 Å². The SMILES string of the molecule is COc1ccc(N(C)Cc2ccc(CN)cc2F)cc1. The molecule has 0 aliphatic carbocycles. The maximum Gasteiger partial charge on any atom is 0.128 e. The van der Waals surface area contributed by atoms with E-state index >= 15 is 0 Å². The molecule has 2 rings (SSSR count). The molecular weight excluding hydrogens is 255 g/mol. The van der Waals surface area contributed by atoms with Gasteiger partial charge in [-0.1, -0.05) is 12.1 Å². The molecule has 106 valence electrons. The Morgan fingerprint density at radius 3 is 2.40 bits per heavy atom. The Labute approximate surface area is 118 Å². The molecule has 0 saturated heterocycles. The zero-order chi connectivity index (χ0) is 14.5. The Morgan fingerprint density at radius 2 is 1.85 bits per heavy atom. The summed E-state index contributed by atoms with van der Waals surface area (Å²) >= 11 is 0. The van der Waals surface area contributed by atoms with Gasteiger partial charge in [-0.25, -0.2) is 4.39 Å². The van der Waals surface area contributed by atoms with Crippen LogP contribution in [0.25, 0.3) is 0 Å². The van der Waals surface area contributed by atoms with E-state index in [1.807, 2.05) is 42.3 Å². The van der Waals surface area contributed by atoms with Crippen molar-refractivity contribution in [2.24, 2.45) is 5.73 Å². The van der Waals surface area contributed by atoms with E-state index in [9.17, 15) is 4.39 Å². The minimum Gasteiger partial charge on any atom is -0.497 e. The number of nitrogens with zero attached hydrogens (tertiary/aromatic N) is 1. The summed E-state index contributed by atoms with van der Waals surface area (Å²) in [6.45, 7) is 0.856. The van der Waals surface area contributed by atoms with E-state index in [1.165, 1.54) is 6.07 Å². The van der Waals surface area contributed by atoms with Gasteiger partial charge in [-0.15, -0.1) is 0 Å². The van der Waals surface area contributed by atoms with Crippen LogP contribution < -0.4 is 15.4 Å². The molecule has 0 aliphatic heterocycles. The highest BCUT2D eigenvalue weighted by Gasteiger charge is 2.07. The lowest BCUT2D eigenvalue weighted by molar-refractivity contribution is 0.415. The third-order valence-corrected chi connectivity index (χ3v) is 3.27. The van der Waals surface area contributed by atoms with Crippen LogP contribution in [0.5, 0.6) is 5.75 Å². The van der Waals surface area contributed by atoms with Gasteiger partial charge < -0.3 is 15.4 Å². The van der Waals surface area contributed by atoms with Crippen molar-refractivity contribution < 1.29 is 9.13 Å². The molecule has 2 N–H and O–H groups in total. The van der Waals surface area contributed by atoms with Crippen molar-refractivity contribution >= 4 is 5.69 Å². The number of ether oxygens (including phenoxy) is 1. The average molecular weight is 274 g/mol. The molecule has 0 unspecified atom stereocenters. The van der Waals surface area contributed by atoms with Gasteiger partial charge in [0.25, 0.3) is 0 Å². The van der Waals surface area contributed by atoms with Crippen LogP contribution in [0.15, 0.2) is 42.5 Å². The fourth-order valence-electron chi connectivity index (χ4n) is 2.03. The van der Waals surface area contributed by atoms with E-state index in [0.717, 1.165) is 17.0 Å². The second kappa shape index (κ2) is 6.39. The number of nitrogens with two attached hydrogens (primary N) is 1. The molecule has 0 saturated carbocycles. The van der Waals surface area contributed by atoms with Crippen LogP contribution in [0.3, 0.4) is 0 Å². The van der Waals surface area contributed by atoms with Crippen molar-refractivity contribution in [1.29, 1.82) is 0 Å². The standard InChI is InChI=1S/C16H19FN2O/c1-19(14-5-7-15(20-2)8-6-14)11-13-4-3-12(10-18)9-16(13)17/h3-9H,10-11,18H2,1-2H3. The second-order valence-electron chi connectivity index (χ2n) is 4.68. The smallest absolute Gasteiger partial charge is 0.128 e. The molecule has 20 heavy (non-hydrogen) atoms. The normalized spacial score (nSPS) is 10.4. The number of methoxy groups -OCH3 is 1. The van der Waals surface area contributed by atoms with Gasteiger partial charge >= 0.3 is 0 Å². The number of hydrogen-bond donors (Lipinski definition) is 1. The third-order valence-electron chi connectivity index (χ3n) is 3.27. The molecule has 0 aromatic heterocycles. The minimum absolute atomic E-state index is 0.215. The largest absolute Gasteiger partial charge is 0.497 e. The van der Waals surface area contributed by atoms with Gasteiger partial charge in [0, 0.05) is 31.4 Å². The first-order valence-electron chi connectivity index (χ1n) is 6.46. The van der Waals surface area contributed by atoms with Crippen LogP contribution in [0, 0.1) is 5.82 Å². The molecular formula is C16H19FN2O. The number of halogens is 1. The molecule has 0 radical (unpaired) electrons. The summed E-state index contributed by atoms with van der Waals surface area (Å²) in [4.78, 5) is 1.99. The third kappa shape index (κ3) is 3.27. The lowest BCUT2D eigenvalue weighted by Gasteiger charge is -2.20. The molecule has 2 aromatic rings. The maximum absolute atomic E-state index is 13.9. The summed E-state index contributed by atoms with van der Waals surface area (Å²) in [6, 6.07) is 12.8. The van der Waals surface area contributed by atoms with Gasteiger partial charge in [0.1, 0.15) is 11.6 Å².